The lowest BCUT2D eigenvalue weighted by Gasteiger charge is -2.31. The molecule has 0 unspecified atom stereocenters. The number of unbranched alkanes of at least 4 members (excludes halogenated alkanes) is 3. The number of esters is 1. The Bertz CT molecular complexity index is 898. The first-order valence-electron chi connectivity index (χ1n) is 11.2. The molecule has 31 heavy (non-hydrogen) atoms. The molecule has 0 aliphatic carbocycles. The van der Waals surface area contributed by atoms with Crippen LogP contribution >= 0.6 is 0 Å². The number of likely N-dealkylation sites (tertiary alicyclic amines) is 1. The number of nitrogens with zero attached hydrogens (tertiary/aromatic N) is 1. The number of nitrogens with one attached hydrogen (secondary N) is 1. The van der Waals surface area contributed by atoms with Crippen LogP contribution in [0.25, 0.3) is 10.8 Å². The zero-order valence-electron chi connectivity index (χ0n) is 18.3. The summed E-state index contributed by atoms with van der Waals surface area (Å²) in [5.41, 5.74) is 0.730. The third-order valence-electron chi connectivity index (χ3n) is 6.01. The van der Waals surface area contributed by atoms with Gasteiger partial charge in [0.15, 0.2) is 0 Å². The van der Waals surface area contributed by atoms with Crippen LogP contribution in [0.5, 0.6) is 0 Å². The Labute approximate surface area is 183 Å². The van der Waals surface area contributed by atoms with Crippen molar-refractivity contribution in [2.45, 2.75) is 44.9 Å². The van der Waals surface area contributed by atoms with E-state index < -0.39 is 0 Å². The average Bonchev–Trinajstić information content (AvgIpc) is 2.82. The van der Waals surface area contributed by atoms with Crippen molar-refractivity contribution in [1.29, 1.82) is 0 Å². The fourth-order valence-electron chi connectivity index (χ4n) is 4.13. The van der Waals surface area contributed by atoms with E-state index in [1.54, 1.807) is 0 Å². The summed E-state index contributed by atoms with van der Waals surface area (Å²) in [7, 11) is 1.40. The van der Waals surface area contributed by atoms with Crippen LogP contribution < -0.4 is 5.32 Å². The van der Waals surface area contributed by atoms with Crippen molar-refractivity contribution in [3.05, 3.63) is 48.0 Å². The molecule has 1 heterocycles. The topological polar surface area (TPSA) is 75.7 Å². The van der Waals surface area contributed by atoms with E-state index >= 15 is 0 Å². The van der Waals surface area contributed by atoms with E-state index in [0.29, 0.717) is 38.9 Å². The predicted octanol–water partition coefficient (Wildman–Crippen LogP) is 3.93. The fraction of sp³-hybridized carbons (Fsp3) is 0.480. The minimum Gasteiger partial charge on any atom is -0.469 e. The lowest BCUT2D eigenvalue weighted by Crippen LogP contribution is -2.43. The maximum Gasteiger partial charge on any atom is 0.305 e. The smallest absolute Gasteiger partial charge is 0.305 e. The average molecular weight is 425 g/mol. The number of piperidine rings is 1. The molecule has 6 nitrogen and oxygen atoms in total. The zero-order valence-corrected chi connectivity index (χ0v) is 18.3. The molecule has 1 fully saturated rings. The van der Waals surface area contributed by atoms with Gasteiger partial charge >= 0.3 is 5.97 Å². The van der Waals surface area contributed by atoms with Crippen LogP contribution in [0.3, 0.4) is 0 Å². The standard InChI is InChI=1S/C25H32N2O4/c1-31-23(28)13-4-2-3-7-16-26-24(29)20-14-17-27(18-15-20)25(30)22-12-8-10-19-9-5-6-11-21(19)22/h5-6,8-12,20H,2-4,7,13-18H2,1H3,(H,26,29). The van der Waals surface area contributed by atoms with E-state index in [0.717, 1.165) is 42.0 Å². The Balaban J connectivity index is 1.38. The van der Waals surface area contributed by atoms with E-state index in [9.17, 15) is 14.4 Å². The molecular weight excluding hydrogens is 392 g/mol. The van der Waals surface area contributed by atoms with Crippen molar-refractivity contribution >= 4 is 28.6 Å². The monoisotopic (exact) mass is 424 g/mol. The first-order chi connectivity index (χ1) is 15.1. The molecule has 0 radical (unpaired) electrons. The molecule has 166 valence electrons. The van der Waals surface area contributed by atoms with E-state index in [4.69, 9.17) is 0 Å². The van der Waals surface area contributed by atoms with Gasteiger partial charge in [-0.2, -0.15) is 0 Å². The van der Waals surface area contributed by atoms with Crippen molar-refractivity contribution < 1.29 is 19.1 Å². The van der Waals surface area contributed by atoms with Gasteiger partial charge < -0.3 is 15.0 Å². The summed E-state index contributed by atoms with van der Waals surface area (Å²) >= 11 is 0. The number of ether oxygens (including phenoxy) is 1. The molecule has 1 saturated heterocycles. The van der Waals surface area contributed by atoms with E-state index in [2.05, 4.69) is 10.1 Å². The maximum absolute atomic E-state index is 13.0. The molecule has 6 heteroatoms. The number of carbonyl (C=O) groups is 3. The third-order valence-corrected chi connectivity index (χ3v) is 6.01. The summed E-state index contributed by atoms with van der Waals surface area (Å²) in [5, 5.41) is 5.07. The van der Waals surface area contributed by atoms with Crippen molar-refractivity contribution in [3.8, 4) is 0 Å². The molecule has 1 aliphatic rings. The number of hydrogen-bond acceptors (Lipinski definition) is 4. The van der Waals surface area contributed by atoms with Gasteiger partial charge in [-0.3, -0.25) is 14.4 Å². The number of hydrogen-bond donors (Lipinski definition) is 1. The number of rotatable bonds is 9. The summed E-state index contributed by atoms with van der Waals surface area (Å²) in [6.45, 7) is 1.87. The number of methoxy groups -OCH3 is 1. The van der Waals surface area contributed by atoms with Gasteiger partial charge in [0.2, 0.25) is 5.91 Å². The van der Waals surface area contributed by atoms with E-state index in [-0.39, 0.29) is 23.7 Å². The molecule has 0 bridgehead atoms. The van der Waals surface area contributed by atoms with Crippen molar-refractivity contribution in [2.24, 2.45) is 5.92 Å². The van der Waals surface area contributed by atoms with Crippen molar-refractivity contribution in [1.82, 2.24) is 10.2 Å². The van der Waals surface area contributed by atoms with Crippen LogP contribution in [0.15, 0.2) is 42.5 Å². The Kier molecular flexibility index (Phi) is 8.44. The quantitative estimate of drug-likeness (QED) is 0.489. The zero-order chi connectivity index (χ0) is 22.1. The normalized spacial score (nSPS) is 14.4. The highest BCUT2D eigenvalue weighted by Gasteiger charge is 2.28. The molecule has 2 amide bonds. The largest absolute Gasteiger partial charge is 0.469 e. The summed E-state index contributed by atoms with van der Waals surface area (Å²) < 4.78 is 4.62. The second kappa shape index (κ2) is 11.5. The highest BCUT2D eigenvalue weighted by molar-refractivity contribution is 6.07. The van der Waals surface area contributed by atoms with Crippen LogP contribution in [0.1, 0.15) is 55.3 Å². The van der Waals surface area contributed by atoms with Gasteiger partial charge in [0.1, 0.15) is 0 Å². The maximum atomic E-state index is 13.0. The second-order valence-electron chi connectivity index (χ2n) is 8.12. The van der Waals surface area contributed by atoms with Crippen LogP contribution in [0.2, 0.25) is 0 Å². The molecule has 0 atom stereocenters. The molecule has 0 spiro atoms. The van der Waals surface area contributed by atoms with E-state index in [1.165, 1.54) is 7.11 Å². The number of benzene rings is 2. The molecule has 1 aliphatic heterocycles. The van der Waals surface area contributed by atoms with E-state index in [1.807, 2.05) is 47.4 Å². The minimum absolute atomic E-state index is 0.0316. The molecule has 0 saturated carbocycles. The molecule has 2 aromatic rings. The predicted molar refractivity (Wildman–Crippen MR) is 121 cm³/mol. The molecule has 2 aromatic carbocycles. The molecule has 3 rings (SSSR count). The highest BCUT2D eigenvalue weighted by Crippen LogP contribution is 2.23. The minimum atomic E-state index is -0.168. The van der Waals surface area contributed by atoms with Gasteiger partial charge in [0, 0.05) is 37.5 Å². The lowest BCUT2D eigenvalue weighted by molar-refractivity contribution is -0.140. The van der Waals surface area contributed by atoms with Gasteiger partial charge in [-0.05, 0) is 42.5 Å². The highest BCUT2D eigenvalue weighted by atomic mass is 16.5. The first-order valence-corrected chi connectivity index (χ1v) is 11.2. The van der Waals surface area contributed by atoms with Crippen LogP contribution in [-0.2, 0) is 14.3 Å². The number of amides is 2. The Morgan fingerprint density at radius 1 is 0.968 bits per heavy atom. The Morgan fingerprint density at radius 2 is 1.68 bits per heavy atom. The SMILES string of the molecule is COC(=O)CCCCCCNC(=O)C1CCN(C(=O)c2cccc3ccccc23)CC1. The van der Waals surface area contributed by atoms with Crippen molar-refractivity contribution in [2.75, 3.05) is 26.7 Å². The van der Waals surface area contributed by atoms with Crippen LogP contribution in [-0.4, -0.2) is 49.4 Å². The molecular formula is C25H32N2O4. The second-order valence-corrected chi connectivity index (χ2v) is 8.12. The number of carbonyl (C=O) groups excluding carboxylic acids is 3. The molecule has 1 N–H and O–H groups in total. The third kappa shape index (κ3) is 6.29. The summed E-state index contributed by atoms with van der Waals surface area (Å²) in [4.78, 5) is 38.4. The van der Waals surface area contributed by atoms with Crippen molar-refractivity contribution in [3.63, 3.8) is 0 Å². The first kappa shape index (κ1) is 22.8. The van der Waals surface area contributed by atoms with Gasteiger partial charge in [-0.15, -0.1) is 0 Å². The van der Waals surface area contributed by atoms with Gasteiger partial charge in [-0.1, -0.05) is 49.2 Å². The van der Waals surface area contributed by atoms with Gasteiger partial charge in [0.05, 0.1) is 7.11 Å². The Morgan fingerprint density at radius 3 is 2.45 bits per heavy atom. The van der Waals surface area contributed by atoms with Gasteiger partial charge in [-0.25, -0.2) is 0 Å². The lowest BCUT2D eigenvalue weighted by atomic mass is 9.94. The number of fused-ring (bicyclic) bond motifs is 1. The molecule has 0 aromatic heterocycles. The Hall–Kier alpha value is -2.89. The summed E-state index contributed by atoms with van der Waals surface area (Å²) in [5.74, 6) is -0.0658. The fourth-order valence-corrected chi connectivity index (χ4v) is 4.13. The summed E-state index contributed by atoms with van der Waals surface area (Å²) in [6, 6.07) is 13.7. The van der Waals surface area contributed by atoms with Crippen LogP contribution in [0.4, 0.5) is 0 Å². The van der Waals surface area contributed by atoms with Crippen LogP contribution in [0, 0.1) is 5.92 Å². The van der Waals surface area contributed by atoms with Gasteiger partial charge in [0.25, 0.3) is 5.91 Å². The summed E-state index contributed by atoms with van der Waals surface area (Å²) in [6.07, 6.45) is 5.52.